The van der Waals surface area contributed by atoms with Crippen molar-refractivity contribution in [1.29, 1.82) is 0 Å². The van der Waals surface area contributed by atoms with E-state index < -0.39 is 5.82 Å². The van der Waals surface area contributed by atoms with E-state index in [-0.39, 0.29) is 17.7 Å². The molecule has 1 fully saturated rings. The van der Waals surface area contributed by atoms with Crippen molar-refractivity contribution in [2.45, 2.75) is 32.9 Å². The summed E-state index contributed by atoms with van der Waals surface area (Å²) in [6, 6.07) is 15.7. The van der Waals surface area contributed by atoms with Gasteiger partial charge >= 0.3 is 0 Å². The Morgan fingerprint density at radius 2 is 1.78 bits per heavy atom. The van der Waals surface area contributed by atoms with Crippen molar-refractivity contribution in [1.82, 2.24) is 20.2 Å². The van der Waals surface area contributed by atoms with Crippen LogP contribution in [0, 0.1) is 12.7 Å². The van der Waals surface area contributed by atoms with E-state index in [1.807, 2.05) is 43.3 Å². The fraction of sp³-hybridized carbons (Fsp3) is 0.296. The van der Waals surface area contributed by atoms with Crippen LogP contribution < -0.4 is 21.3 Å². The van der Waals surface area contributed by atoms with Gasteiger partial charge in [0.25, 0.3) is 0 Å². The Kier molecular flexibility index (Phi) is 8.24. The van der Waals surface area contributed by atoms with Gasteiger partial charge in [0, 0.05) is 54.9 Å². The Morgan fingerprint density at radius 1 is 1.08 bits per heavy atom. The number of anilines is 5. The van der Waals surface area contributed by atoms with Gasteiger partial charge in [-0.15, -0.1) is 0 Å². The van der Waals surface area contributed by atoms with Crippen LogP contribution in [0.15, 0.2) is 66.9 Å². The number of amides is 1. The predicted molar refractivity (Wildman–Crippen MR) is 142 cm³/mol. The molecular formula is C27H32FN7O. The first-order chi connectivity index (χ1) is 17.3. The molecule has 0 radical (unpaired) electrons. The van der Waals surface area contributed by atoms with Gasteiger partial charge < -0.3 is 21.3 Å². The highest BCUT2D eigenvalue weighted by Gasteiger charge is 2.19. The molecule has 0 unspecified atom stereocenters. The van der Waals surface area contributed by atoms with Crippen LogP contribution in [-0.4, -0.2) is 52.5 Å². The number of carbonyl (C=O) groups is 1. The van der Waals surface area contributed by atoms with Crippen LogP contribution in [-0.2, 0) is 4.79 Å². The molecule has 4 N–H and O–H groups in total. The van der Waals surface area contributed by atoms with E-state index in [0.29, 0.717) is 23.5 Å². The number of aromatic nitrogens is 2. The van der Waals surface area contributed by atoms with Gasteiger partial charge in [0.1, 0.15) is 0 Å². The van der Waals surface area contributed by atoms with E-state index in [0.717, 1.165) is 37.1 Å². The molecule has 1 amide bonds. The van der Waals surface area contributed by atoms with E-state index in [4.69, 9.17) is 0 Å². The van der Waals surface area contributed by atoms with Crippen LogP contribution in [0.3, 0.4) is 0 Å². The van der Waals surface area contributed by atoms with Crippen LogP contribution in [0.2, 0.25) is 0 Å². The second kappa shape index (κ2) is 11.7. The fourth-order valence-corrected chi connectivity index (χ4v) is 4.26. The Balaban J connectivity index is 1.35. The minimum Gasteiger partial charge on any atom is -0.338 e. The van der Waals surface area contributed by atoms with Gasteiger partial charge in [-0.2, -0.15) is 4.98 Å². The van der Waals surface area contributed by atoms with Gasteiger partial charge in [0.05, 0.1) is 6.20 Å². The molecule has 4 rings (SSSR count). The van der Waals surface area contributed by atoms with Gasteiger partial charge in [0.2, 0.25) is 11.9 Å². The van der Waals surface area contributed by atoms with Crippen molar-refractivity contribution in [3.05, 3.63) is 78.3 Å². The summed E-state index contributed by atoms with van der Waals surface area (Å²) in [6.45, 7) is 8.93. The number of hydrogen-bond donors (Lipinski definition) is 4. The largest absolute Gasteiger partial charge is 0.338 e. The first-order valence-electron chi connectivity index (χ1n) is 12.0. The third-order valence-electron chi connectivity index (χ3n) is 5.68. The number of nitrogens with zero attached hydrogens (tertiary/aromatic N) is 3. The van der Waals surface area contributed by atoms with Crippen molar-refractivity contribution >= 4 is 34.7 Å². The maximum atomic E-state index is 14.3. The van der Waals surface area contributed by atoms with E-state index >= 15 is 0 Å². The molecule has 1 saturated heterocycles. The van der Waals surface area contributed by atoms with Gasteiger partial charge in [-0.25, -0.2) is 9.37 Å². The zero-order valence-electron chi connectivity index (χ0n) is 20.8. The second-order valence-corrected chi connectivity index (χ2v) is 9.17. The van der Waals surface area contributed by atoms with Gasteiger partial charge in [-0.05, 0) is 56.7 Å². The van der Waals surface area contributed by atoms with Gasteiger partial charge in [-0.1, -0.05) is 24.3 Å². The van der Waals surface area contributed by atoms with E-state index in [9.17, 15) is 9.18 Å². The molecular weight excluding hydrogens is 457 g/mol. The van der Waals surface area contributed by atoms with E-state index in [1.165, 1.54) is 0 Å². The highest BCUT2D eigenvalue weighted by atomic mass is 19.1. The summed E-state index contributed by atoms with van der Waals surface area (Å²) in [5.41, 5.74) is 3.07. The number of aryl methyl sites for hydroxylation is 1. The Labute approximate surface area is 211 Å². The number of nitrogens with one attached hydrogen (secondary N) is 4. The molecule has 8 nitrogen and oxygen atoms in total. The zero-order chi connectivity index (χ0) is 25.5. The zero-order valence-corrected chi connectivity index (χ0v) is 20.8. The van der Waals surface area contributed by atoms with Gasteiger partial charge in [0.15, 0.2) is 11.6 Å². The van der Waals surface area contributed by atoms with Crippen molar-refractivity contribution < 1.29 is 9.18 Å². The molecule has 2 atom stereocenters. The van der Waals surface area contributed by atoms with E-state index in [1.54, 1.807) is 24.3 Å². The molecule has 0 saturated carbocycles. The summed E-state index contributed by atoms with van der Waals surface area (Å²) in [5, 5.41) is 12.4. The number of benzene rings is 2. The maximum absolute atomic E-state index is 14.3. The minimum absolute atomic E-state index is 0.0703. The molecule has 0 spiro atoms. The predicted octanol–water partition coefficient (Wildman–Crippen LogP) is 4.59. The summed E-state index contributed by atoms with van der Waals surface area (Å²) in [7, 11) is 0. The van der Waals surface area contributed by atoms with Crippen LogP contribution in [0.25, 0.3) is 0 Å². The summed E-state index contributed by atoms with van der Waals surface area (Å²) in [6.07, 6.45) is 4.56. The molecule has 1 aromatic heterocycles. The highest BCUT2D eigenvalue weighted by molar-refractivity contribution is 5.99. The standard InChI is InChI=1S/C27H32FN7O/c1-18-7-4-8-21(13-18)32-26-24(28)15-29-27(34-26)33-23-10-5-9-22(14-23)31-25(36)11-6-12-35-16-19(2)30-20(3)17-35/h4-11,13-15,19-20,30H,12,16-17H2,1-3H3,(H,31,36)(H2,29,32,33,34)/t19-,20+. The lowest BCUT2D eigenvalue weighted by atomic mass is 10.1. The monoisotopic (exact) mass is 489 g/mol. The molecule has 36 heavy (non-hydrogen) atoms. The smallest absolute Gasteiger partial charge is 0.248 e. The Hall–Kier alpha value is -3.82. The fourth-order valence-electron chi connectivity index (χ4n) is 4.26. The van der Waals surface area contributed by atoms with Gasteiger partial charge in [-0.3, -0.25) is 9.69 Å². The average Bonchev–Trinajstić information content (AvgIpc) is 2.81. The first kappa shape index (κ1) is 25.3. The number of carbonyl (C=O) groups excluding carboxylic acids is 1. The van der Waals surface area contributed by atoms with Crippen LogP contribution in [0.4, 0.5) is 33.2 Å². The molecule has 2 heterocycles. The summed E-state index contributed by atoms with van der Waals surface area (Å²) in [5.74, 6) is -0.457. The number of rotatable bonds is 8. The Bertz CT molecular complexity index is 1220. The van der Waals surface area contributed by atoms with E-state index in [2.05, 4.69) is 50.0 Å². The minimum atomic E-state index is -0.556. The third kappa shape index (κ3) is 7.34. The molecule has 2 aromatic carbocycles. The summed E-state index contributed by atoms with van der Waals surface area (Å²) < 4.78 is 14.3. The maximum Gasteiger partial charge on any atom is 0.248 e. The van der Waals surface area contributed by atoms with Crippen LogP contribution in [0.5, 0.6) is 0 Å². The Morgan fingerprint density at radius 3 is 2.53 bits per heavy atom. The van der Waals surface area contributed by atoms with Crippen LogP contribution >= 0.6 is 0 Å². The lowest BCUT2D eigenvalue weighted by molar-refractivity contribution is -0.111. The molecule has 1 aliphatic rings. The normalized spacial score (nSPS) is 18.2. The van der Waals surface area contributed by atoms with Crippen molar-refractivity contribution in [2.75, 3.05) is 35.6 Å². The SMILES string of the molecule is Cc1cccc(Nc2nc(Nc3cccc(NC(=O)C=CCN4C[C@@H](C)N[C@@H](C)C4)c3)ncc2F)c1. The topological polar surface area (TPSA) is 94.2 Å². The summed E-state index contributed by atoms with van der Waals surface area (Å²) in [4.78, 5) is 23.0. The van der Waals surface area contributed by atoms with Crippen molar-refractivity contribution in [2.24, 2.45) is 0 Å². The number of halogens is 1. The average molecular weight is 490 g/mol. The quantitative estimate of drug-likeness (QED) is 0.344. The highest BCUT2D eigenvalue weighted by Crippen LogP contribution is 2.22. The molecule has 9 heteroatoms. The summed E-state index contributed by atoms with van der Waals surface area (Å²) >= 11 is 0. The lowest BCUT2D eigenvalue weighted by Crippen LogP contribution is -2.54. The van der Waals surface area contributed by atoms with Crippen molar-refractivity contribution in [3.63, 3.8) is 0 Å². The van der Waals surface area contributed by atoms with Crippen LogP contribution in [0.1, 0.15) is 19.4 Å². The van der Waals surface area contributed by atoms with Crippen molar-refractivity contribution in [3.8, 4) is 0 Å². The molecule has 0 aliphatic carbocycles. The third-order valence-corrected chi connectivity index (χ3v) is 5.68. The first-order valence-corrected chi connectivity index (χ1v) is 12.0. The molecule has 0 bridgehead atoms. The molecule has 3 aromatic rings. The lowest BCUT2D eigenvalue weighted by Gasteiger charge is -2.35. The number of hydrogen-bond acceptors (Lipinski definition) is 7. The molecule has 1 aliphatic heterocycles. The molecule has 188 valence electrons. The number of piperazine rings is 1. The second-order valence-electron chi connectivity index (χ2n) is 9.17.